The molecule has 0 amide bonds. The molecule has 1 aliphatic rings. The van der Waals surface area contributed by atoms with Crippen LogP contribution in [0.3, 0.4) is 0 Å². The Morgan fingerprint density at radius 2 is 1.70 bits per heavy atom. The van der Waals surface area contributed by atoms with Gasteiger partial charge in [-0.25, -0.2) is 0 Å². The third-order valence-corrected chi connectivity index (χ3v) is 5.70. The Kier molecular flexibility index (Phi) is 6.46. The number of halogens is 2. The molecule has 30 heavy (non-hydrogen) atoms. The van der Waals surface area contributed by atoms with Crippen LogP contribution in [0, 0.1) is 0 Å². The molecule has 1 aliphatic heterocycles. The lowest BCUT2D eigenvalue weighted by molar-refractivity contribution is 0.0851. The number of para-hydroxylation sites is 1. The molecule has 4 rings (SSSR count). The van der Waals surface area contributed by atoms with Crippen LogP contribution in [0.25, 0.3) is 0 Å². The summed E-state index contributed by atoms with van der Waals surface area (Å²) in [5.41, 5.74) is 3.75. The number of nitrogens with zero attached hydrogens (tertiary/aromatic N) is 1. The molecule has 0 aliphatic carbocycles. The minimum Gasteiger partial charge on any atom is -0.493 e. The number of rotatable bonds is 7. The molecule has 4 nitrogen and oxygen atoms in total. The molecule has 0 saturated carbocycles. The second-order valence-electron chi connectivity index (χ2n) is 6.98. The van der Waals surface area contributed by atoms with Gasteiger partial charge in [-0.2, -0.15) is 0 Å². The normalized spacial score (nSPS) is 15.4. The van der Waals surface area contributed by atoms with Crippen molar-refractivity contribution in [3.63, 3.8) is 0 Å². The minimum absolute atomic E-state index is 0.0708. The fraction of sp³-hybridized carbons (Fsp3) is 0.208. The van der Waals surface area contributed by atoms with Crippen LogP contribution in [0.5, 0.6) is 11.5 Å². The number of ether oxygens (including phenoxy) is 2. The molecule has 0 bridgehead atoms. The van der Waals surface area contributed by atoms with E-state index in [1.54, 1.807) is 19.2 Å². The first-order valence-corrected chi connectivity index (χ1v) is 10.4. The molecule has 154 valence electrons. The highest BCUT2D eigenvalue weighted by Gasteiger charge is 2.25. The van der Waals surface area contributed by atoms with Gasteiger partial charge >= 0.3 is 0 Å². The molecule has 0 N–H and O–H groups in total. The first-order chi connectivity index (χ1) is 14.7. The predicted octanol–water partition coefficient (Wildman–Crippen LogP) is 6.32. The van der Waals surface area contributed by atoms with E-state index >= 15 is 0 Å². The average Bonchev–Trinajstić information content (AvgIpc) is 3.23. The Morgan fingerprint density at radius 1 is 0.967 bits per heavy atom. The van der Waals surface area contributed by atoms with Crippen molar-refractivity contribution in [2.45, 2.75) is 25.6 Å². The van der Waals surface area contributed by atoms with Crippen LogP contribution in [0.15, 0.2) is 71.9 Å². The summed E-state index contributed by atoms with van der Waals surface area (Å²) >= 11 is 12.6. The molecule has 1 atom stereocenters. The van der Waals surface area contributed by atoms with E-state index in [0.29, 0.717) is 28.0 Å². The maximum Gasteiger partial charge on any atom is 0.164 e. The van der Waals surface area contributed by atoms with Gasteiger partial charge in [0.2, 0.25) is 0 Å². The molecule has 3 aromatic carbocycles. The second-order valence-corrected chi connectivity index (χ2v) is 7.79. The van der Waals surface area contributed by atoms with Crippen molar-refractivity contribution in [3.05, 3.63) is 93.5 Å². The monoisotopic (exact) mass is 441 g/mol. The largest absolute Gasteiger partial charge is 0.493 e. The average molecular weight is 442 g/mol. The van der Waals surface area contributed by atoms with E-state index in [2.05, 4.69) is 5.16 Å². The second kappa shape index (κ2) is 9.41. The summed E-state index contributed by atoms with van der Waals surface area (Å²) in [6.45, 7) is 0.239. The van der Waals surface area contributed by atoms with E-state index in [9.17, 15) is 0 Å². The van der Waals surface area contributed by atoms with Gasteiger partial charge in [0, 0.05) is 34.0 Å². The van der Waals surface area contributed by atoms with E-state index in [-0.39, 0.29) is 12.7 Å². The number of hydrogen-bond acceptors (Lipinski definition) is 4. The third-order valence-electron chi connectivity index (χ3n) is 4.99. The molecular weight excluding hydrogens is 421 g/mol. The summed E-state index contributed by atoms with van der Waals surface area (Å²) in [5.74, 6) is 1.31. The van der Waals surface area contributed by atoms with Gasteiger partial charge in [-0.05, 0) is 23.8 Å². The Morgan fingerprint density at radius 3 is 2.43 bits per heavy atom. The van der Waals surface area contributed by atoms with Crippen molar-refractivity contribution in [1.82, 2.24) is 0 Å². The summed E-state index contributed by atoms with van der Waals surface area (Å²) in [4.78, 5) is 5.70. The SMILES string of the molecule is COc1cccc(C[C@H]2CC(c3ccccc3)=NO2)c1OCc1c(Cl)cccc1Cl. The van der Waals surface area contributed by atoms with Crippen LogP contribution < -0.4 is 9.47 Å². The zero-order valence-corrected chi connectivity index (χ0v) is 18.0. The molecule has 3 aromatic rings. The lowest BCUT2D eigenvalue weighted by atomic mass is 9.99. The van der Waals surface area contributed by atoms with Crippen molar-refractivity contribution in [2.24, 2.45) is 5.16 Å². The van der Waals surface area contributed by atoms with E-state index in [1.165, 1.54) is 0 Å². The smallest absolute Gasteiger partial charge is 0.164 e. The van der Waals surface area contributed by atoms with Crippen LogP contribution in [0.4, 0.5) is 0 Å². The summed E-state index contributed by atoms with van der Waals surface area (Å²) in [6.07, 6.45) is 1.30. The first-order valence-electron chi connectivity index (χ1n) is 9.65. The van der Waals surface area contributed by atoms with Crippen LogP contribution in [-0.2, 0) is 17.9 Å². The van der Waals surface area contributed by atoms with Crippen LogP contribution in [0.2, 0.25) is 10.0 Å². The number of oxime groups is 1. The lowest BCUT2D eigenvalue weighted by Crippen LogP contribution is -2.13. The van der Waals surface area contributed by atoms with Gasteiger partial charge in [0.15, 0.2) is 11.5 Å². The van der Waals surface area contributed by atoms with Gasteiger partial charge in [0.05, 0.1) is 12.8 Å². The number of benzene rings is 3. The van der Waals surface area contributed by atoms with E-state index in [1.807, 2.05) is 54.6 Å². The third kappa shape index (κ3) is 4.55. The van der Waals surface area contributed by atoms with Crippen LogP contribution >= 0.6 is 23.2 Å². The molecule has 0 spiro atoms. The summed E-state index contributed by atoms with van der Waals surface area (Å²) in [7, 11) is 1.62. The van der Waals surface area contributed by atoms with Gasteiger partial charge in [-0.1, -0.05) is 76.9 Å². The highest BCUT2D eigenvalue weighted by atomic mass is 35.5. The van der Waals surface area contributed by atoms with Crippen molar-refractivity contribution in [1.29, 1.82) is 0 Å². The van der Waals surface area contributed by atoms with Crippen molar-refractivity contribution < 1.29 is 14.3 Å². The Balaban J connectivity index is 1.50. The topological polar surface area (TPSA) is 40.0 Å². The van der Waals surface area contributed by atoms with E-state index < -0.39 is 0 Å². The molecule has 0 unspecified atom stereocenters. The summed E-state index contributed by atoms with van der Waals surface area (Å²) in [5, 5.41) is 5.42. The predicted molar refractivity (Wildman–Crippen MR) is 120 cm³/mol. The van der Waals surface area contributed by atoms with Crippen molar-refractivity contribution in [3.8, 4) is 11.5 Å². The molecule has 1 heterocycles. The Hall–Kier alpha value is -2.69. The van der Waals surface area contributed by atoms with Gasteiger partial charge in [0.25, 0.3) is 0 Å². The van der Waals surface area contributed by atoms with Gasteiger partial charge in [0.1, 0.15) is 12.7 Å². The van der Waals surface area contributed by atoms with E-state index in [4.69, 9.17) is 37.5 Å². The molecular formula is C24H21Cl2NO3. The highest BCUT2D eigenvalue weighted by molar-refractivity contribution is 6.35. The van der Waals surface area contributed by atoms with Crippen LogP contribution in [0.1, 0.15) is 23.1 Å². The van der Waals surface area contributed by atoms with Gasteiger partial charge in [-0.3, -0.25) is 0 Å². The zero-order chi connectivity index (χ0) is 20.9. The first kappa shape index (κ1) is 20.6. The minimum atomic E-state index is -0.0708. The van der Waals surface area contributed by atoms with Gasteiger partial charge < -0.3 is 14.3 Å². The molecule has 0 aromatic heterocycles. The molecule has 0 saturated heterocycles. The Bertz CT molecular complexity index is 1030. The molecule has 0 radical (unpaired) electrons. The van der Waals surface area contributed by atoms with E-state index in [0.717, 1.165) is 28.8 Å². The van der Waals surface area contributed by atoms with Gasteiger partial charge in [-0.15, -0.1) is 0 Å². The highest BCUT2D eigenvalue weighted by Crippen LogP contribution is 2.35. The maximum absolute atomic E-state index is 6.29. The number of hydrogen-bond donors (Lipinski definition) is 0. The van der Waals surface area contributed by atoms with Crippen molar-refractivity contribution in [2.75, 3.05) is 7.11 Å². The summed E-state index contributed by atoms with van der Waals surface area (Å²) in [6, 6.07) is 21.3. The fourth-order valence-electron chi connectivity index (χ4n) is 3.45. The maximum atomic E-state index is 6.29. The standard InChI is InChI=1S/C24H21Cl2NO3/c1-28-23-12-5-9-17(24(23)29-15-19-20(25)10-6-11-21(19)26)13-18-14-22(27-30-18)16-7-3-2-4-8-16/h2-12,18H,13-15H2,1H3/t18-/m0/s1. The quantitative estimate of drug-likeness (QED) is 0.430. The number of methoxy groups -OCH3 is 1. The zero-order valence-electron chi connectivity index (χ0n) is 16.5. The summed E-state index contributed by atoms with van der Waals surface area (Å²) < 4.78 is 11.7. The molecule has 0 fully saturated rings. The lowest BCUT2D eigenvalue weighted by Gasteiger charge is -2.17. The molecule has 6 heteroatoms. The van der Waals surface area contributed by atoms with Crippen molar-refractivity contribution >= 4 is 28.9 Å². The Labute approximate surface area is 186 Å². The fourth-order valence-corrected chi connectivity index (χ4v) is 3.95. The van der Waals surface area contributed by atoms with Crippen LogP contribution in [-0.4, -0.2) is 18.9 Å².